The first-order valence-electron chi connectivity index (χ1n) is 12.6. The summed E-state index contributed by atoms with van der Waals surface area (Å²) >= 11 is 12.7. The highest BCUT2D eigenvalue weighted by Crippen LogP contribution is 2.31. The smallest absolute Gasteiger partial charge is 0.410 e. The predicted octanol–water partition coefficient (Wildman–Crippen LogP) is 5.55. The number of pyridine rings is 1. The van der Waals surface area contributed by atoms with Gasteiger partial charge in [-0.05, 0) is 63.6 Å². The number of rotatable bonds is 4. The molecule has 3 aromatic rings. The van der Waals surface area contributed by atoms with Gasteiger partial charge < -0.3 is 9.64 Å². The van der Waals surface area contributed by atoms with Gasteiger partial charge in [0.05, 0.1) is 16.2 Å². The number of benzene rings is 1. The molecule has 0 aliphatic carbocycles. The number of hydrogen-bond donors (Lipinski definition) is 0. The van der Waals surface area contributed by atoms with E-state index in [1.165, 1.54) is 9.13 Å². The molecular weight excluding hydrogens is 515 g/mol. The molecule has 198 valence electrons. The van der Waals surface area contributed by atoms with E-state index in [0.29, 0.717) is 50.0 Å². The Kier molecular flexibility index (Phi) is 7.72. The minimum Gasteiger partial charge on any atom is -0.444 e. The number of likely N-dealkylation sites (tertiary alicyclic amines) is 1. The van der Waals surface area contributed by atoms with Gasteiger partial charge in [0.1, 0.15) is 10.8 Å². The monoisotopic (exact) mass is 546 g/mol. The fraction of sp³-hybridized carbons (Fsp3) is 0.481. The first-order chi connectivity index (χ1) is 17.5. The predicted molar refractivity (Wildman–Crippen MR) is 146 cm³/mol. The Morgan fingerprint density at radius 3 is 2.19 bits per heavy atom. The molecule has 8 nitrogen and oxygen atoms in total. The van der Waals surface area contributed by atoms with Gasteiger partial charge in [-0.3, -0.25) is 18.7 Å². The fourth-order valence-electron chi connectivity index (χ4n) is 4.90. The fourth-order valence-corrected chi connectivity index (χ4v) is 5.18. The van der Waals surface area contributed by atoms with Crippen LogP contribution in [0.1, 0.15) is 64.6 Å². The number of carbonyl (C=O) groups excluding carboxylic acids is 1. The van der Waals surface area contributed by atoms with Crippen LogP contribution in [0.15, 0.2) is 33.9 Å². The van der Waals surface area contributed by atoms with Crippen molar-refractivity contribution < 1.29 is 9.53 Å². The summed E-state index contributed by atoms with van der Waals surface area (Å²) in [5, 5.41) is 0.248. The first-order valence-corrected chi connectivity index (χ1v) is 13.3. The van der Waals surface area contributed by atoms with E-state index in [2.05, 4.69) is 4.98 Å². The van der Waals surface area contributed by atoms with Crippen molar-refractivity contribution >= 4 is 40.5 Å². The molecule has 0 N–H and O–H groups in total. The van der Waals surface area contributed by atoms with Gasteiger partial charge in [-0.15, -0.1) is 0 Å². The number of carbonyl (C=O) groups is 1. The van der Waals surface area contributed by atoms with Crippen molar-refractivity contribution in [2.24, 2.45) is 0 Å². The number of para-hydroxylation sites is 1. The van der Waals surface area contributed by atoms with E-state index in [4.69, 9.17) is 27.9 Å². The van der Waals surface area contributed by atoms with E-state index < -0.39 is 22.8 Å². The molecule has 2 aromatic heterocycles. The van der Waals surface area contributed by atoms with Crippen molar-refractivity contribution in [2.75, 3.05) is 13.1 Å². The normalized spacial score (nSPS) is 14.8. The number of nitrogens with zero attached hydrogens (tertiary/aromatic N) is 4. The molecule has 0 saturated carbocycles. The molecule has 10 heteroatoms. The molecule has 0 atom stereocenters. The molecule has 1 amide bonds. The van der Waals surface area contributed by atoms with Crippen molar-refractivity contribution in [1.29, 1.82) is 0 Å². The number of hydrogen-bond acceptors (Lipinski definition) is 5. The summed E-state index contributed by atoms with van der Waals surface area (Å²) in [6.07, 6.45) is 1.90. The maximum atomic E-state index is 13.7. The Morgan fingerprint density at radius 1 is 1.05 bits per heavy atom. The van der Waals surface area contributed by atoms with Crippen molar-refractivity contribution in [3.63, 3.8) is 0 Å². The lowest BCUT2D eigenvalue weighted by atomic mass is 10.0. The van der Waals surface area contributed by atoms with Crippen LogP contribution in [0.4, 0.5) is 4.79 Å². The molecule has 4 rings (SSSR count). The van der Waals surface area contributed by atoms with Crippen LogP contribution in [-0.2, 0) is 17.6 Å². The lowest BCUT2D eigenvalue weighted by molar-refractivity contribution is 0.0188. The van der Waals surface area contributed by atoms with Crippen LogP contribution in [-0.4, -0.2) is 43.8 Å². The van der Waals surface area contributed by atoms with E-state index >= 15 is 0 Å². The van der Waals surface area contributed by atoms with Crippen LogP contribution in [0.5, 0.6) is 0 Å². The Balaban J connectivity index is 1.87. The van der Waals surface area contributed by atoms with E-state index in [0.717, 1.165) is 11.1 Å². The van der Waals surface area contributed by atoms with Crippen LogP contribution < -0.4 is 11.1 Å². The Labute approximate surface area is 225 Å². The molecule has 1 aliphatic heterocycles. The van der Waals surface area contributed by atoms with Crippen molar-refractivity contribution in [3.8, 4) is 5.69 Å². The molecule has 1 fully saturated rings. The minimum atomic E-state index is -0.691. The Hall–Kier alpha value is -2.84. The molecule has 0 unspecified atom stereocenters. The van der Waals surface area contributed by atoms with Crippen molar-refractivity contribution in [1.82, 2.24) is 19.0 Å². The quantitative estimate of drug-likeness (QED) is 0.316. The minimum absolute atomic E-state index is 0.0549. The zero-order chi connectivity index (χ0) is 27.1. The van der Waals surface area contributed by atoms with Crippen LogP contribution >= 0.6 is 23.2 Å². The highest BCUT2D eigenvalue weighted by atomic mass is 35.5. The van der Waals surface area contributed by atoms with E-state index in [9.17, 15) is 14.4 Å². The summed E-state index contributed by atoms with van der Waals surface area (Å²) < 4.78 is 8.37. The second-order valence-electron chi connectivity index (χ2n) is 10.2. The average Bonchev–Trinajstić information content (AvgIpc) is 2.85. The van der Waals surface area contributed by atoms with Gasteiger partial charge in [0.15, 0.2) is 5.65 Å². The molecule has 0 spiro atoms. The summed E-state index contributed by atoms with van der Waals surface area (Å²) in [5.41, 5.74) is 1.29. The first kappa shape index (κ1) is 27.2. The van der Waals surface area contributed by atoms with Crippen LogP contribution in [0, 0.1) is 0 Å². The number of piperidine rings is 1. The summed E-state index contributed by atoms with van der Waals surface area (Å²) in [5.74, 6) is 0. The SMILES string of the molecule is CCc1cccc(CC)c1-n1c(=O)c(=O)n(C2CCN(C(=O)OC(C)(C)C)CC2)c2cc(Cl)c(Cl)nc21. The number of fused-ring (bicyclic) bond motifs is 1. The van der Waals surface area contributed by atoms with Gasteiger partial charge >= 0.3 is 17.2 Å². The van der Waals surface area contributed by atoms with Gasteiger partial charge in [-0.25, -0.2) is 9.78 Å². The van der Waals surface area contributed by atoms with E-state index in [1.807, 2.05) is 52.8 Å². The number of aryl methyl sites for hydroxylation is 2. The third kappa shape index (κ3) is 5.27. The van der Waals surface area contributed by atoms with Crippen LogP contribution in [0.2, 0.25) is 10.2 Å². The second-order valence-corrected chi connectivity index (χ2v) is 11.0. The summed E-state index contributed by atoms with van der Waals surface area (Å²) in [7, 11) is 0. The highest BCUT2D eigenvalue weighted by molar-refractivity contribution is 6.41. The lowest BCUT2D eigenvalue weighted by Gasteiger charge is -2.34. The van der Waals surface area contributed by atoms with Gasteiger partial charge in [-0.1, -0.05) is 55.2 Å². The number of halogens is 2. The van der Waals surface area contributed by atoms with Crippen LogP contribution in [0.25, 0.3) is 16.9 Å². The number of amides is 1. The zero-order valence-electron chi connectivity index (χ0n) is 21.8. The van der Waals surface area contributed by atoms with Gasteiger partial charge in [0, 0.05) is 19.1 Å². The topological polar surface area (TPSA) is 86.4 Å². The summed E-state index contributed by atoms with van der Waals surface area (Å²) in [6, 6.07) is 7.13. The molecule has 1 aliphatic rings. The third-order valence-corrected chi connectivity index (χ3v) is 7.31. The number of aromatic nitrogens is 3. The Morgan fingerprint density at radius 2 is 1.65 bits per heavy atom. The number of ether oxygens (including phenoxy) is 1. The summed E-state index contributed by atoms with van der Waals surface area (Å²) in [6.45, 7) is 10.3. The molecule has 0 bridgehead atoms. The second kappa shape index (κ2) is 10.5. The third-order valence-electron chi connectivity index (χ3n) is 6.64. The maximum Gasteiger partial charge on any atom is 0.410 e. The molecule has 37 heavy (non-hydrogen) atoms. The van der Waals surface area contributed by atoms with Crippen molar-refractivity contribution in [2.45, 2.75) is 71.9 Å². The maximum absolute atomic E-state index is 13.7. The van der Waals surface area contributed by atoms with Crippen LogP contribution in [0.3, 0.4) is 0 Å². The van der Waals surface area contributed by atoms with Gasteiger partial charge in [0.2, 0.25) is 0 Å². The molecule has 1 saturated heterocycles. The molecule has 1 aromatic carbocycles. The van der Waals surface area contributed by atoms with Crippen molar-refractivity contribution in [3.05, 3.63) is 66.3 Å². The summed E-state index contributed by atoms with van der Waals surface area (Å²) in [4.78, 5) is 46.1. The van der Waals surface area contributed by atoms with E-state index in [-0.39, 0.29) is 21.9 Å². The average molecular weight is 547 g/mol. The molecular formula is C27H32Cl2N4O4. The van der Waals surface area contributed by atoms with Gasteiger partial charge in [-0.2, -0.15) is 0 Å². The highest BCUT2D eigenvalue weighted by Gasteiger charge is 2.30. The van der Waals surface area contributed by atoms with E-state index in [1.54, 1.807) is 11.0 Å². The lowest BCUT2D eigenvalue weighted by Crippen LogP contribution is -2.47. The standard InChI is InChI=1S/C27H32Cl2N4O4/c1-6-16-9-8-10-17(7-2)21(16)33-23-20(15-19(28)22(29)30-23)32(24(34)25(33)35)18-11-13-31(14-12-18)26(36)37-27(3,4)5/h8-10,15,18H,6-7,11-14H2,1-5H3. The molecule has 3 heterocycles. The largest absolute Gasteiger partial charge is 0.444 e. The van der Waals surface area contributed by atoms with Gasteiger partial charge in [0.25, 0.3) is 0 Å². The zero-order valence-corrected chi connectivity index (χ0v) is 23.3. The Bertz CT molecular complexity index is 1440. The molecule has 0 radical (unpaired) electrons.